The average Bonchev–Trinajstić information content (AvgIpc) is 3.12. The normalized spacial score (nSPS) is 37.3. The van der Waals surface area contributed by atoms with Crippen molar-refractivity contribution in [3.05, 3.63) is 0 Å². The molecule has 102 valence electrons. The molecule has 2 N–H and O–H groups in total. The Bertz CT molecular complexity index is 309. The van der Waals surface area contributed by atoms with Crippen molar-refractivity contribution in [3.8, 4) is 0 Å². The molecule has 2 saturated carbocycles. The molecular formula is C14H24N2O2. The van der Waals surface area contributed by atoms with E-state index in [9.17, 15) is 9.90 Å². The van der Waals surface area contributed by atoms with Gasteiger partial charge in [-0.2, -0.15) is 0 Å². The highest BCUT2D eigenvalue weighted by Crippen LogP contribution is 2.27. The number of rotatable bonds is 4. The number of nitrogens with zero attached hydrogens (tertiary/aromatic N) is 1. The summed E-state index contributed by atoms with van der Waals surface area (Å²) < 4.78 is 0. The van der Waals surface area contributed by atoms with E-state index in [1.54, 1.807) is 0 Å². The molecule has 1 aliphatic heterocycles. The number of carbonyl (C=O) groups excluding carboxylic acids is 1. The quantitative estimate of drug-likeness (QED) is 0.781. The van der Waals surface area contributed by atoms with Crippen LogP contribution < -0.4 is 5.32 Å². The molecule has 3 fully saturated rings. The molecule has 0 spiro atoms. The second-order valence-corrected chi connectivity index (χ2v) is 6.24. The summed E-state index contributed by atoms with van der Waals surface area (Å²) in [6.07, 6.45) is 7.34. The first-order valence-electron chi connectivity index (χ1n) is 7.45. The summed E-state index contributed by atoms with van der Waals surface area (Å²) in [5.74, 6) is 0.921. The van der Waals surface area contributed by atoms with Gasteiger partial charge in [0.15, 0.2) is 0 Å². The van der Waals surface area contributed by atoms with E-state index in [0.717, 1.165) is 45.2 Å². The second-order valence-electron chi connectivity index (χ2n) is 6.24. The van der Waals surface area contributed by atoms with E-state index in [1.165, 1.54) is 12.8 Å². The van der Waals surface area contributed by atoms with E-state index < -0.39 is 0 Å². The third-order valence-corrected chi connectivity index (χ3v) is 4.61. The first-order chi connectivity index (χ1) is 8.72. The van der Waals surface area contributed by atoms with Crippen molar-refractivity contribution in [2.24, 2.45) is 5.92 Å². The van der Waals surface area contributed by atoms with Crippen LogP contribution in [0.4, 0.5) is 0 Å². The number of aliphatic hydroxyl groups is 1. The topological polar surface area (TPSA) is 52.6 Å². The van der Waals surface area contributed by atoms with Crippen molar-refractivity contribution < 1.29 is 9.90 Å². The van der Waals surface area contributed by atoms with Crippen LogP contribution in [0.25, 0.3) is 0 Å². The zero-order valence-electron chi connectivity index (χ0n) is 11.0. The molecular weight excluding hydrogens is 228 g/mol. The van der Waals surface area contributed by atoms with Gasteiger partial charge in [0.1, 0.15) is 0 Å². The minimum atomic E-state index is -0.0974. The molecule has 4 nitrogen and oxygen atoms in total. The Morgan fingerprint density at radius 1 is 1.11 bits per heavy atom. The SMILES string of the molecule is O=C1C(NC2CC2)CCN1CC1CCC(O)CC1. The standard InChI is InChI=1S/C14H24N2O2/c17-12-5-1-10(2-6-12)9-16-8-7-13(14(16)18)15-11-3-4-11/h10-13,15,17H,1-9H2. The molecule has 1 heterocycles. The molecule has 4 heteroatoms. The Labute approximate surface area is 109 Å². The Morgan fingerprint density at radius 3 is 2.50 bits per heavy atom. The van der Waals surface area contributed by atoms with E-state index >= 15 is 0 Å². The molecule has 1 unspecified atom stereocenters. The summed E-state index contributed by atoms with van der Waals surface area (Å²) in [5, 5.41) is 12.9. The van der Waals surface area contributed by atoms with Crippen LogP contribution >= 0.6 is 0 Å². The van der Waals surface area contributed by atoms with Crippen LogP contribution in [-0.4, -0.2) is 47.2 Å². The minimum Gasteiger partial charge on any atom is -0.393 e. The van der Waals surface area contributed by atoms with Gasteiger partial charge in [0.05, 0.1) is 12.1 Å². The lowest BCUT2D eigenvalue weighted by atomic mass is 9.87. The third kappa shape index (κ3) is 2.86. The molecule has 3 rings (SSSR count). The molecule has 1 saturated heterocycles. The van der Waals surface area contributed by atoms with Gasteiger partial charge < -0.3 is 15.3 Å². The van der Waals surface area contributed by atoms with Gasteiger partial charge in [-0.25, -0.2) is 0 Å². The van der Waals surface area contributed by atoms with E-state index in [4.69, 9.17) is 0 Å². The van der Waals surface area contributed by atoms with Crippen molar-refractivity contribution in [2.75, 3.05) is 13.1 Å². The van der Waals surface area contributed by atoms with Gasteiger partial charge in [0.25, 0.3) is 0 Å². The fourth-order valence-corrected chi connectivity index (χ4v) is 3.25. The van der Waals surface area contributed by atoms with Gasteiger partial charge in [-0.3, -0.25) is 4.79 Å². The highest BCUT2D eigenvalue weighted by molar-refractivity contribution is 5.84. The van der Waals surface area contributed by atoms with Crippen molar-refractivity contribution >= 4 is 5.91 Å². The zero-order chi connectivity index (χ0) is 12.5. The second kappa shape index (κ2) is 5.17. The van der Waals surface area contributed by atoms with Crippen molar-refractivity contribution in [1.29, 1.82) is 0 Å². The van der Waals surface area contributed by atoms with Crippen LogP contribution in [0.1, 0.15) is 44.9 Å². The zero-order valence-corrected chi connectivity index (χ0v) is 11.0. The molecule has 18 heavy (non-hydrogen) atoms. The van der Waals surface area contributed by atoms with Crippen molar-refractivity contribution in [1.82, 2.24) is 10.2 Å². The van der Waals surface area contributed by atoms with Gasteiger partial charge in [0, 0.05) is 19.1 Å². The third-order valence-electron chi connectivity index (χ3n) is 4.61. The minimum absolute atomic E-state index is 0.0895. The van der Waals surface area contributed by atoms with Crippen molar-refractivity contribution in [2.45, 2.75) is 63.1 Å². The highest BCUT2D eigenvalue weighted by Gasteiger charge is 2.36. The Hall–Kier alpha value is -0.610. The highest BCUT2D eigenvalue weighted by atomic mass is 16.3. The van der Waals surface area contributed by atoms with E-state index in [1.807, 2.05) is 4.90 Å². The van der Waals surface area contributed by atoms with Gasteiger partial charge >= 0.3 is 0 Å². The predicted molar refractivity (Wildman–Crippen MR) is 69.1 cm³/mol. The lowest BCUT2D eigenvalue weighted by molar-refractivity contribution is -0.130. The Morgan fingerprint density at radius 2 is 1.83 bits per heavy atom. The summed E-state index contributed by atoms with van der Waals surface area (Å²) in [6, 6.07) is 0.704. The molecule has 3 aliphatic rings. The smallest absolute Gasteiger partial charge is 0.239 e. The summed E-state index contributed by atoms with van der Waals surface area (Å²) in [4.78, 5) is 14.3. The van der Waals surface area contributed by atoms with Crippen LogP contribution in [0.3, 0.4) is 0 Å². The summed E-state index contributed by atoms with van der Waals surface area (Å²) >= 11 is 0. The molecule has 0 aromatic rings. The van der Waals surface area contributed by atoms with Gasteiger partial charge in [-0.1, -0.05) is 0 Å². The monoisotopic (exact) mass is 252 g/mol. The predicted octanol–water partition coefficient (Wildman–Crippen LogP) is 0.890. The first kappa shape index (κ1) is 12.4. The molecule has 1 amide bonds. The fourth-order valence-electron chi connectivity index (χ4n) is 3.25. The first-order valence-corrected chi connectivity index (χ1v) is 7.45. The lowest BCUT2D eigenvalue weighted by Crippen LogP contribution is -2.41. The molecule has 1 atom stereocenters. The average molecular weight is 252 g/mol. The Balaban J connectivity index is 1.46. The molecule has 0 aromatic heterocycles. The lowest BCUT2D eigenvalue weighted by Gasteiger charge is -2.29. The summed E-state index contributed by atoms with van der Waals surface area (Å²) in [6.45, 7) is 1.83. The maximum absolute atomic E-state index is 12.2. The van der Waals surface area contributed by atoms with Gasteiger partial charge in [-0.15, -0.1) is 0 Å². The number of nitrogens with one attached hydrogen (secondary N) is 1. The van der Waals surface area contributed by atoms with Crippen LogP contribution in [0.2, 0.25) is 0 Å². The molecule has 2 aliphatic carbocycles. The fraction of sp³-hybridized carbons (Fsp3) is 0.929. The van der Waals surface area contributed by atoms with Crippen LogP contribution in [0.5, 0.6) is 0 Å². The Kier molecular flexibility index (Phi) is 3.57. The number of amides is 1. The molecule has 0 bridgehead atoms. The van der Waals surface area contributed by atoms with Gasteiger partial charge in [0.2, 0.25) is 5.91 Å². The number of hydrogen-bond donors (Lipinski definition) is 2. The van der Waals surface area contributed by atoms with Gasteiger partial charge in [-0.05, 0) is 50.9 Å². The van der Waals surface area contributed by atoms with E-state index in [-0.39, 0.29) is 12.1 Å². The van der Waals surface area contributed by atoms with E-state index in [0.29, 0.717) is 17.9 Å². The van der Waals surface area contributed by atoms with E-state index in [2.05, 4.69) is 5.32 Å². The van der Waals surface area contributed by atoms with Crippen LogP contribution in [-0.2, 0) is 4.79 Å². The molecule has 0 aromatic carbocycles. The summed E-state index contributed by atoms with van der Waals surface area (Å²) in [7, 11) is 0. The number of carbonyl (C=O) groups is 1. The summed E-state index contributed by atoms with van der Waals surface area (Å²) in [5.41, 5.74) is 0. The number of aliphatic hydroxyl groups excluding tert-OH is 1. The van der Waals surface area contributed by atoms with Crippen LogP contribution in [0.15, 0.2) is 0 Å². The largest absolute Gasteiger partial charge is 0.393 e. The molecule has 0 radical (unpaired) electrons. The van der Waals surface area contributed by atoms with Crippen molar-refractivity contribution in [3.63, 3.8) is 0 Å². The van der Waals surface area contributed by atoms with Crippen LogP contribution in [0, 0.1) is 5.92 Å². The number of likely N-dealkylation sites (tertiary alicyclic amines) is 1. The maximum Gasteiger partial charge on any atom is 0.239 e. The number of hydrogen-bond acceptors (Lipinski definition) is 3. The maximum atomic E-state index is 12.2.